The van der Waals surface area contributed by atoms with E-state index in [1.54, 1.807) is 18.9 Å². The number of hydrogen-bond donors (Lipinski definition) is 3. The Morgan fingerprint density at radius 2 is 1.67 bits per heavy atom. The van der Waals surface area contributed by atoms with E-state index in [1.807, 2.05) is 0 Å². The van der Waals surface area contributed by atoms with E-state index in [1.165, 1.54) is 0 Å². The molecule has 0 aliphatic carbocycles. The van der Waals surface area contributed by atoms with Crippen molar-refractivity contribution in [1.82, 2.24) is 14.1 Å². The van der Waals surface area contributed by atoms with Gasteiger partial charge in [-0.25, -0.2) is 0 Å². The third-order valence-corrected chi connectivity index (χ3v) is 4.77. The number of morpholine rings is 1. The van der Waals surface area contributed by atoms with E-state index in [4.69, 9.17) is 9.29 Å². The van der Waals surface area contributed by atoms with Gasteiger partial charge in [-0.15, -0.1) is 0 Å². The van der Waals surface area contributed by atoms with Gasteiger partial charge in [0.1, 0.15) is 0 Å². The van der Waals surface area contributed by atoms with E-state index in [0.717, 1.165) is 17.4 Å². The Morgan fingerprint density at radius 1 is 1.12 bits per heavy atom. The summed E-state index contributed by atoms with van der Waals surface area (Å²) in [5.41, 5.74) is 0. The molecule has 1 aliphatic heterocycles. The van der Waals surface area contributed by atoms with Crippen molar-refractivity contribution in [3.05, 3.63) is 0 Å². The Bertz CT molecular complexity index is 435. The van der Waals surface area contributed by atoms with E-state index in [9.17, 15) is 18.6 Å². The van der Waals surface area contributed by atoms with Gasteiger partial charge in [0.05, 0.1) is 25.4 Å². The number of rotatable bonds is 10. The zero-order valence-electron chi connectivity index (χ0n) is 14.8. The fourth-order valence-corrected chi connectivity index (χ4v) is 3.30. The van der Waals surface area contributed by atoms with Gasteiger partial charge in [-0.2, -0.15) is 12.7 Å². The van der Waals surface area contributed by atoms with Gasteiger partial charge >= 0.3 is 61.7 Å². The van der Waals surface area contributed by atoms with Crippen LogP contribution in [0.3, 0.4) is 0 Å². The summed E-state index contributed by atoms with van der Waals surface area (Å²) < 4.78 is 37.2. The maximum Gasteiger partial charge on any atom is 1.00 e. The summed E-state index contributed by atoms with van der Waals surface area (Å²) in [5.74, 6) is 0. The van der Waals surface area contributed by atoms with Gasteiger partial charge in [-0.05, 0) is 7.05 Å². The molecule has 1 saturated heterocycles. The molecule has 1 aliphatic rings. The first-order valence-electron chi connectivity index (χ1n) is 7.79. The SMILES string of the molecule is CCN(CC(O)CN(C)CC(O)CN1CCOCC1)S(=O)(=O)O.[K+]. The summed E-state index contributed by atoms with van der Waals surface area (Å²) in [4.78, 5) is 3.86. The summed E-state index contributed by atoms with van der Waals surface area (Å²) in [7, 11) is -2.56. The van der Waals surface area contributed by atoms with Crippen molar-refractivity contribution in [1.29, 1.82) is 0 Å². The van der Waals surface area contributed by atoms with E-state index < -0.39 is 22.5 Å². The Kier molecular flexibility index (Phi) is 13.3. The topological polar surface area (TPSA) is 114 Å². The zero-order valence-corrected chi connectivity index (χ0v) is 18.8. The Labute approximate surface area is 187 Å². The molecule has 0 amide bonds. The van der Waals surface area contributed by atoms with Crippen LogP contribution in [0, 0.1) is 0 Å². The minimum atomic E-state index is -4.30. The molecule has 2 atom stereocenters. The predicted molar refractivity (Wildman–Crippen MR) is 85.6 cm³/mol. The molecule has 24 heavy (non-hydrogen) atoms. The molecular formula is C13H29KN3O6S+. The van der Waals surface area contributed by atoms with Crippen molar-refractivity contribution in [2.45, 2.75) is 19.1 Å². The average Bonchev–Trinajstić information content (AvgIpc) is 2.44. The van der Waals surface area contributed by atoms with E-state index in [2.05, 4.69) is 4.90 Å². The molecule has 1 fully saturated rings. The second-order valence-electron chi connectivity index (χ2n) is 5.87. The van der Waals surface area contributed by atoms with Crippen molar-refractivity contribution in [2.24, 2.45) is 0 Å². The molecule has 1 heterocycles. The molecular weight excluding hydrogens is 365 g/mol. The molecule has 1 rings (SSSR count). The third-order valence-electron chi connectivity index (χ3n) is 3.71. The summed E-state index contributed by atoms with van der Waals surface area (Å²) in [6, 6.07) is 0. The number of aliphatic hydroxyl groups is 2. The Balaban J connectivity index is 0.00000529. The minimum Gasteiger partial charge on any atom is -0.390 e. The molecule has 0 radical (unpaired) electrons. The van der Waals surface area contributed by atoms with Crippen LogP contribution in [0.15, 0.2) is 0 Å². The smallest absolute Gasteiger partial charge is 0.390 e. The van der Waals surface area contributed by atoms with Gasteiger partial charge in [0.2, 0.25) is 0 Å². The second kappa shape index (κ2) is 12.7. The molecule has 3 N–H and O–H groups in total. The van der Waals surface area contributed by atoms with Crippen LogP contribution < -0.4 is 51.4 Å². The minimum absolute atomic E-state index is 0. The van der Waals surface area contributed by atoms with Crippen LogP contribution in [0.1, 0.15) is 6.92 Å². The molecule has 11 heteroatoms. The van der Waals surface area contributed by atoms with Crippen LogP contribution >= 0.6 is 0 Å². The maximum atomic E-state index is 11.1. The summed E-state index contributed by atoms with van der Waals surface area (Å²) in [6.07, 6.45) is -1.51. The molecule has 0 saturated carbocycles. The van der Waals surface area contributed by atoms with Crippen molar-refractivity contribution >= 4 is 10.3 Å². The molecule has 0 bridgehead atoms. The Hall–Kier alpha value is 1.31. The molecule has 0 spiro atoms. The van der Waals surface area contributed by atoms with E-state index >= 15 is 0 Å². The first kappa shape index (κ1) is 25.3. The second-order valence-corrected chi connectivity index (χ2v) is 7.28. The zero-order chi connectivity index (χ0) is 17.5. The van der Waals surface area contributed by atoms with Crippen molar-refractivity contribution in [3.63, 3.8) is 0 Å². The molecule has 2 unspecified atom stereocenters. The number of ether oxygens (including phenoxy) is 1. The van der Waals surface area contributed by atoms with Crippen LogP contribution in [0.4, 0.5) is 0 Å². The number of hydrogen-bond acceptors (Lipinski definition) is 7. The largest absolute Gasteiger partial charge is 1.00 e. The third kappa shape index (κ3) is 10.5. The van der Waals surface area contributed by atoms with Crippen molar-refractivity contribution < 1.29 is 79.3 Å². The number of nitrogens with zero attached hydrogens (tertiary/aromatic N) is 3. The quantitative estimate of drug-likeness (QED) is 0.250. The molecule has 0 aromatic heterocycles. The summed E-state index contributed by atoms with van der Waals surface area (Å²) in [6.45, 7) is 5.52. The summed E-state index contributed by atoms with van der Waals surface area (Å²) >= 11 is 0. The van der Waals surface area contributed by atoms with Crippen LogP contribution in [-0.4, -0.2) is 116 Å². The number of aliphatic hydroxyl groups excluding tert-OH is 2. The van der Waals surface area contributed by atoms with Crippen LogP contribution in [0.25, 0.3) is 0 Å². The van der Waals surface area contributed by atoms with Gasteiger partial charge in [0.25, 0.3) is 0 Å². The van der Waals surface area contributed by atoms with Crippen LogP contribution in [-0.2, 0) is 15.0 Å². The molecule has 0 aromatic rings. The summed E-state index contributed by atoms with van der Waals surface area (Å²) in [5, 5.41) is 20.0. The van der Waals surface area contributed by atoms with Gasteiger partial charge < -0.3 is 19.8 Å². The Morgan fingerprint density at radius 3 is 2.17 bits per heavy atom. The van der Waals surface area contributed by atoms with Gasteiger partial charge in [0, 0.05) is 45.8 Å². The first-order chi connectivity index (χ1) is 10.7. The normalized spacial score (nSPS) is 19.3. The maximum absolute atomic E-state index is 11.1. The fraction of sp³-hybridized carbons (Fsp3) is 1.00. The van der Waals surface area contributed by atoms with Crippen molar-refractivity contribution in [3.8, 4) is 0 Å². The van der Waals surface area contributed by atoms with E-state index in [0.29, 0.717) is 26.3 Å². The van der Waals surface area contributed by atoms with E-state index in [-0.39, 0.29) is 71.0 Å². The fourth-order valence-electron chi connectivity index (χ4n) is 2.61. The first-order valence-corrected chi connectivity index (χ1v) is 9.19. The monoisotopic (exact) mass is 394 g/mol. The van der Waals surface area contributed by atoms with Crippen LogP contribution in [0.5, 0.6) is 0 Å². The molecule has 0 aromatic carbocycles. The van der Waals surface area contributed by atoms with Gasteiger partial charge in [-0.3, -0.25) is 9.45 Å². The standard InChI is InChI=1S/C13H29N3O6S.K/c1-3-16(23(19,20)21)11-13(18)9-14(2)8-12(17)10-15-4-6-22-7-5-15;/h12-13,17-18H,3-11H2,1-2H3,(H,19,20,21);/q;+1. The molecule has 9 nitrogen and oxygen atoms in total. The van der Waals surface area contributed by atoms with Crippen molar-refractivity contribution in [2.75, 3.05) is 66.1 Å². The number of likely N-dealkylation sites (N-methyl/N-ethyl adjacent to an activating group) is 2. The number of β-amino-alcohol motifs (C(OH)–C–C–N with tert-alkyl or cyclic N) is 1. The van der Waals surface area contributed by atoms with Crippen LogP contribution in [0.2, 0.25) is 0 Å². The van der Waals surface area contributed by atoms with Gasteiger partial charge in [0.15, 0.2) is 0 Å². The average molecular weight is 395 g/mol. The molecule has 138 valence electrons. The van der Waals surface area contributed by atoms with Gasteiger partial charge in [-0.1, -0.05) is 6.92 Å². The predicted octanol–water partition coefficient (Wildman–Crippen LogP) is -4.90.